The normalized spacial score (nSPS) is 27.8. The quantitative estimate of drug-likeness (QED) is 0.862. The molecular formula is C18H24N4O2. The van der Waals surface area contributed by atoms with Crippen LogP contribution in [-0.2, 0) is 11.3 Å². The molecular weight excluding hydrogens is 304 g/mol. The third kappa shape index (κ3) is 3.21. The van der Waals surface area contributed by atoms with Gasteiger partial charge in [-0.25, -0.2) is 0 Å². The molecule has 0 unspecified atom stereocenters. The number of hydrogen-bond donors (Lipinski definition) is 0. The van der Waals surface area contributed by atoms with E-state index in [9.17, 15) is 0 Å². The molecule has 24 heavy (non-hydrogen) atoms. The fourth-order valence-corrected chi connectivity index (χ4v) is 4.01. The standard InChI is InChI=1S/C18H24N4O2/c1-12-4-3-5-14(19-12)10-22-8-6-17-16(11-22)15(7-9-23-17)18-21-20-13(2)24-18/h3-5,15-17H,6-11H2,1-2H3/t15-,16-,17-/m1/s1. The number of likely N-dealkylation sites (tertiary alicyclic amines) is 1. The zero-order valence-corrected chi connectivity index (χ0v) is 14.3. The molecule has 0 aromatic carbocycles. The van der Waals surface area contributed by atoms with Gasteiger partial charge in [0.25, 0.3) is 0 Å². The number of hydrogen-bond acceptors (Lipinski definition) is 6. The van der Waals surface area contributed by atoms with Crippen molar-refractivity contribution in [1.82, 2.24) is 20.1 Å². The monoisotopic (exact) mass is 328 g/mol. The second kappa shape index (κ2) is 6.61. The second-order valence-corrected chi connectivity index (χ2v) is 6.92. The van der Waals surface area contributed by atoms with E-state index in [0.717, 1.165) is 56.4 Å². The highest BCUT2D eigenvalue weighted by molar-refractivity contribution is 5.10. The highest BCUT2D eigenvalue weighted by atomic mass is 16.5. The minimum atomic E-state index is 0.303. The van der Waals surface area contributed by atoms with E-state index in [1.807, 2.05) is 19.9 Å². The van der Waals surface area contributed by atoms with E-state index >= 15 is 0 Å². The Hall–Kier alpha value is -1.79. The van der Waals surface area contributed by atoms with E-state index in [1.54, 1.807) is 0 Å². The Kier molecular flexibility index (Phi) is 4.33. The number of ether oxygens (including phenoxy) is 1. The van der Waals surface area contributed by atoms with Crippen LogP contribution in [0.25, 0.3) is 0 Å². The number of rotatable bonds is 3. The molecule has 3 atom stereocenters. The molecule has 0 amide bonds. The zero-order chi connectivity index (χ0) is 16.5. The van der Waals surface area contributed by atoms with Crippen LogP contribution in [0.15, 0.2) is 22.6 Å². The molecule has 0 saturated carbocycles. The van der Waals surface area contributed by atoms with E-state index in [-0.39, 0.29) is 0 Å². The summed E-state index contributed by atoms with van der Waals surface area (Å²) in [5, 5.41) is 8.29. The van der Waals surface area contributed by atoms with E-state index in [0.29, 0.717) is 23.8 Å². The maximum atomic E-state index is 6.03. The third-order valence-electron chi connectivity index (χ3n) is 5.14. The lowest BCUT2D eigenvalue weighted by Crippen LogP contribution is -2.49. The van der Waals surface area contributed by atoms with Gasteiger partial charge in [-0.15, -0.1) is 10.2 Å². The predicted octanol–water partition coefficient (Wildman–Crippen LogP) is 2.48. The van der Waals surface area contributed by atoms with Gasteiger partial charge in [-0.2, -0.15) is 0 Å². The number of piperidine rings is 1. The van der Waals surface area contributed by atoms with E-state index in [1.165, 1.54) is 0 Å². The second-order valence-electron chi connectivity index (χ2n) is 6.92. The van der Waals surface area contributed by atoms with Crippen molar-refractivity contribution in [3.63, 3.8) is 0 Å². The van der Waals surface area contributed by atoms with Gasteiger partial charge in [0.15, 0.2) is 0 Å². The van der Waals surface area contributed by atoms with Gasteiger partial charge < -0.3 is 9.15 Å². The average molecular weight is 328 g/mol. The van der Waals surface area contributed by atoms with Gasteiger partial charge in [-0.3, -0.25) is 9.88 Å². The first-order chi connectivity index (χ1) is 11.7. The summed E-state index contributed by atoms with van der Waals surface area (Å²) in [6.07, 6.45) is 2.32. The minimum absolute atomic E-state index is 0.303. The van der Waals surface area contributed by atoms with Crippen LogP contribution < -0.4 is 0 Å². The maximum Gasteiger partial charge on any atom is 0.220 e. The first kappa shape index (κ1) is 15.7. The molecule has 4 rings (SSSR count). The molecule has 4 heterocycles. The lowest BCUT2D eigenvalue weighted by atomic mass is 9.79. The molecule has 2 aromatic rings. The fourth-order valence-electron chi connectivity index (χ4n) is 4.01. The van der Waals surface area contributed by atoms with Crippen molar-refractivity contribution in [2.75, 3.05) is 19.7 Å². The fraction of sp³-hybridized carbons (Fsp3) is 0.611. The Morgan fingerprint density at radius 2 is 2.12 bits per heavy atom. The van der Waals surface area contributed by atoms with Crippen molar-refractivity contribution in [3.8, 4) is 0 Å². The number of aromatic nitrogens is 3. The lowest BCUT2D eigenvalue weighted by molar-refractivity contribution is -0.0822. The van der Waals surface area contributed by atoms with Crippen molar-refractivity contribution in [3.05, 3.63) is 41.4 Å². The van der Waals surface area contributed by atoms with Crippen molar-refractivity contribution in [2.24, 2.45) is 5.92 Å². The van der Waals surface area contributed by atoms with Gasteiger partial charge in [0.1, 0.15) is 0 Å². The molecule has 2 fully saturated rings. The summed E-state index contributed by atoms with van der Waals surface area (Å²) in [5.74, 6) is 2.14. The molecule has 6 heteroatoms. The van der Waals surface area contributed by atoms with Gasteiger partial charge in [-0.1, -0.05) is 6.07 Å². The molecule has 0 spiro atoms. The van der Waals surface area contributed by atoms with Gasteiger partial charge in [-0.05, 0) is 31.9 Å². The number of pyridine rings is 1. The topological polar surface area (TPSA) is 64.3 Å². The van der Waals surface area contributed by atoms with Crippen molar-refractivity contribution >= 4 is 0 Å². The maximum absolute atomic E-state index is 6.03. The summed E-state index contributed by atoms with van der Waals surface area (Å²) in [6, 6.07) is 6.23. The van der Waals surface area contributed by atoms with Gasteiger partial charge in [0, 0.05) is 50.7 Å². The Balaban J connectivity index is 1.49. The van der Waals surface area contributed by atoms with Gasteiger partial charge >= 0.3 is 0 Å². The largest absolute Gasteiger partial charge is 0.425 e. The van der Waals surface area contributed by atoms with Crippen LogP contribution >= 0.6 is 0 Å². The van der Waals surface area contributed by atoms with Crippen molar-refractivity contribution < 1.29 is 9.15 Å². The van der Waals surface area contributed by atoms with Crippen LogP contribution in [0.1, 0.15) is 41.9 Å². The smallest absolute Gasteiger partial charge is 0.220 e. The first-order valence-corrected chi connectivity index (χ1v) is 8.75. The van der Waals surface area contributed by atoms with Crippen molar-refractivity contribution in [2.45, 2.75) is 45.3 Å². The lowest BCUT2D eigenvalue weighted by Gasteiger charge is -2.44. The van der Waals surface area contributed by atoms with E-state index in [2.05, 4.69) is 32.2 Å². The van der Waals surface area contributed by atoms with Gasteiger partial charge in [0.05, 0.1) is 11.8 Å². The van der Waals surface area contributed by atoms with Crippen LogP contribution in [-0.4, -0.2) is 45.9 Å². The Bertz CT molecular complexity index is 702. The highest BCUT2D eigenvalue weighted by Gasteiger charge is 2.41. The molecule has 0 N–H and O–H groups in total. The molecule has 128 valence electrons. The number of aryl methyl sites for hydroxylation is 2. The molecule has 6 nitrogen and oxygen atoms in total. The van der Waals surface area contributed by atoms with Gasteiger partial charge in [0.2, 0.25) is 11.8 Å². The van der Waals surface area contributed by atoms with Crippen LogP contribution in [0.5, 0.6) is 0 Å². The summed E-state index contributed by atoms with van der Waals surface area (Å²) >= 11 is 0. The Morgan fingerprint density at radius 3 is 2.92 bits per heavy atom. The van der Waals surface area contributed by atoms with Crippen LogP contribution in [0.2, 0.25) is 0 Å². The molecule has 0 radical (unpaired) electrons. The summed E-state index contributed by atoms with van der Waals surface area (Å²) in [5.41, 5.74) is 2.21. The summed E-state index contributed by atoms with van der Waals surface area (Å²) in [4.78, 5) is 7.12. The minimum Gasteiger partial charge on any atom is -0.425 e. The molecule has 2 aliphatic heterocycles. The number of fused-ring (bicyclic) bond motifs is 1. The average Bonchev–Trinajstić information content (AvgIpc) is 3.00. The van der Waals surface area contributed by atoms with Crippen LogP contribution in [0.3, 0.4) is 0 Å². The first-order valence-electron chi connectivity index (χ1n) is 8.75. The van der Waals surface area contributed by atoms with Crippen LogP contribution in [0.4, 0.5) is 0 Å². The molecule has 0 aliphatic carbocycles. The molecule has 2 aromatic heterocycles. The highest BCUT2D eigenvalue weighted by Crippen LogP contribution is 2.39. The summed E-state index contributed by atoms with van der Waals surface area (Å²) in [7, 11) is 0. The Labute approximate surface area is 142 Å². The summed E-state index contributed by atoms with van der Waals surface area (Å²) in [6.45, 7) is 7.61. The van der Waals surface area contributed by atoms with E-state index in [4.69, 9.17) is 9.15 Å². The summed E-state index contributed by atoms with van der Waals surface area (Å²) < 4.78 is 11.8. The zero-order valence-electron chi connectivity index (χ0n) is 14.3. The van der Waals surface area contributed by atoms with E-state index < -0.39 is 0 Å². The Morgan fingerprint density at radius 1 is 1.21 bits per heavy atom. The number of nitrogens with zero attached hydrogens (tertiary/aromatic N) is 4. The van der Waals surface area contributed by atoms with Crippen molar-refractivity contribution in [1.29, 1.82) is 0 Å². The third-order valence-corrected chi connectivity index (χ3v) is 5.14. The SMILES string of the molecule is Cc1cccc(CN2CC[C@H]3OCC[C@@H](c4nnc(C)o4)[C@H]3C2)n1. The van der Waals surface area contributed by atoms with Crippen LogP contribution in [0, 0.1) is 19.8 Å². The molecule has 2 saturated heterocycles. The molecule has 2 aliphatic rings. The molecule has 0 bridgehead atoms. The predicted molar refractivity (Wildman–Crippen MR) is 88.5 cm³/mol.